The molecule has 2 unspecified atom stereocenters. The Morgan fingerprint density at radius 1 is 1.18 bits per heavy atom. The quantitative estimate of drug-likeness (QED) is 0.369. The predicted molar refractivity (Wildman–Crippen MR) is 118 cm³/mol. The van der Waals surface area contributed by atoms with Crippen LogP contribution in [0.15, 0.2) is 48.9 Å². The first-order valence-electron chi connectivity index (χ1n) is 11.3. The van der Waals surface area contributed by atoms with Crippen LogP contribution in [0.25, 0.3) is 0 Å². The van der Waals surface area contributed by atoms with Crippen molar-refractivity contribution in [3.8, 4) is 0 Å². The van der Waals surface area contributed by atoms with Gasteiger partial charge in [-0.1, -0.05) is 43.2 Å². The molecule has 1 aromatic carbocycles. The van der Waals surface area contributed by atoms with Crippen LogP contribution in [0, 0.1) is 5.92 Å². The lowest BCUT2D eigenvalue weighted by molar-refractivity contribution is -0.890. The van der Waals surface area contributed by atoms with E-state index in [1.807, 2.05) is 25.2 Å². The van der Waals surface area contributed by atoms with E-state index in [0.29, 0.717) is 35.4 Å². The summed E-state index contributed by atoms with van der Waals surface area (Å²) in [6, 6.07) is 10.8. The van der Waals surface area contributed by atoms with Gasteiger partial charge in [0.1, 0.15) is 18.7 Å². The Bertz CT molecular complexity index is 942. The highest BCUT2D eigenvalue weighted by molar-refractivity contribution is 5.90. The number of likely N-dealkylation sites (tertiary alicyclic amines) is 1. The van der Waals surface area contributed by atoms with Crippen LogP contribution in [0.2, 0.25) is 0 Å². The highest BCUT2D eigenvalue weighted by Crippen LogP contribution is 2.42. The van der Waals surface area contributed by atoms with Crippen molar-refractivity contribution in [1.29, 1.82) is 0 Å². The minimum absolute atomic E-state index is 0. The molecule has 2 aromatic rings. The molecule has 2 N–H and O–H groups in total. The normalized spacial score (nSPS) is 24.5. The third-order valence-corrected chi connectivity index (χ3v) is 6.75. The molecule has 8 nitrogen and oxygen atoms in total. The van der Waals surface area contributed by atoms with Gasteiger partial charge in [-0.3, -0.25) is 4.79 Å². The van der Waals surface area contributed by atoms with Crippen LogP contribution in [-0.2, 0) is 19.9 Å². The summed E-state index contributed by atoms with van der Waals surface area (Å²) < 4.78 is 6.34. The molecule has 0 spiro atoms. The Hall–Kier alpha value is -2.36. The molecule has 1 saturated heterocycles. The number of halogens is 1. The van der Waals surface area contributed by atoms with Crippen LogP contribution in [0.3, 0.4) is 0 Å². The van der Waals surface area contributed by atoms with Gasteiger partial charge >= 0.3 is 5.97 Å². The number of likely N-dealkylation sites (N-methyl/N-ethyl adjacent to an activating group) is 1. The standard InChI is InChI=1S/C24H30N4O4.BrH/c1-28(16-22(29)27-21-11-13-25-17-26-21)14-12-20(15-28)32-23(30)24(31,19-9-5-6-10-19)18-7-3-2-4-8-18;/h2-4,7-8,11,13,17,19-20,31H,5-6,9-10,12,14-16H2,1H3;1H/t20?,24?,28-;/m1./s1. The zero-order valence-electron chi connectivity index (χ0n) is 18.8. The van der Waals surface area contributed by atoms with E-state index in [2.05, 4.69) is 15.3 Å². The minimum atomic E-state index is -1.63. The summed E-state index contributed by atoms with van der Waals surface area (Å²) in [6.07, 6.45) is 6.90. The second-order valence-corrected chi connectivity index (χ2v) is 9.26. The highest BCUT2D eigenvalue weighted by atomic mass is 79.9. The SMILES string of the molecule is C[N@@+]1(CC(=O)Nc2ccncn2)CCC(OC(=O)C(O)(c2ccccc2)C2CCCC2)C1.[Br-]. The smallest absolute Gasteiger partial charge is 0.343 e. The molecule has 1 aromatic heterocycles. The van der Waals surface area contributed by atoms with Gasteiger partial charge in [0.15, 0.2) is 18.2 Å². The lowest BCUT2D eigenvalue weighted by atomic mass is 9.80. The van der Waals surface area contributed by atoms with Crippen molar-refractivity contribution >= 4 is 17.7 Å². The Kier molecular flexibility index (Phi) is 8.20. The molecule has 2 heterocycles. The van der Waals surface area contributed by atoms with Crippen molar-refractivity contribution in [1.82, 2.24) is 9.97 Å². The molecule has 9 heteroatoms. The van der Waals surface area contributed by atoms with Gasteiger partial charge in [0.25, 0.3) is 5.91 Å². The molecule has 1 amide bonds. The number of nitrogens with zero attached hydrogens (tertiary/aromatic N) is 3. The first-order chi connectivity index (χ1) is 15.4. The number of amides is 1. The summed E-state index contributed by atoms with van der Waals surface area (Å²) in [5.74, 6) is -0.397. The number of carbonyl (C=O) groups excluding carboxylic acids is 2. The summed E-state index contributed by atoms with van der Waals surface area (Å²) in [7, 11) is 1.98. The van der Waals surface area contributed by atoms with Crippen LogP contribution in [-0.4, -0.2) is 64.2 Å². The Morgan fingerprint density at radius 3 is 2.58 bits per heavy atom. The summed E-state index contributed by atoms with van der Waals surface area (Å²) in [6.45, 7) is 1.49. The number of hydrogen-bond acceptors (Lipinski definition) is 6. The van der Waals surface area contributed by atoms with Crippen molar-refractivity contribution in [2.75, 3.05) is 32.0 Å². The molecule has 4 rings (SSSR count). The number of hydrogen-bond donors (Lipinski definition) is 2. The maximum absolute atomic E-state index is 13.3. The molecule has 0 radical (unpaired) electrons. The number of esters is 1. The lowest BCUT2D eigenvalue weighted by Crippen LogP contribution is -3.00. The largest absolute Gasteiger partial charge is 1.00 e. The average molecular weight is 519 g/mol. The van der Waals surface area contributed by atoms with Crippen LogP contribution in [0.5, 0.6) is 0 Å². The predicted octanol–water partition coefficient (Wildman–Crippen LogP) is -0.741. The van der Waals surface area contributed by atoms with Gasteiger partial charge in [0.05, 0.1) is 13.6 Å². The topological polar surface area (TPSA) is 101 Å². The first-order valence-corrected chi connectivity index (χ1v) is 11.3. The Balaban J connectivity index is 0.00000306. The third kappa shape index (κ3) is 5.77. The number of benzene rings is 1. The van der Waals surface area contributed by atoms with E-state index >= 15 is 0 Å². The monoisotopic (exact) mass is 518 g/mol. The molecule has 1 aliphatic heterocycles. The van der Waals surface area contributed by atoms with Crippen LogP contribution < -0.4 is 22.3 Å². The van der Waals surface area contributed by atoms with E-state index in [4.69, 9.17) is 4.74 Å². The van der Waals surface area contributed by atoms with E-state index in [9.17, 15) is 14.7 Å². The van der Waals surface area contributed by atoms with Gasteiger partial charge in [-0.05, 0) is 24.5 Å². The number of nitrogens with one attached hydrogen (secondary N) is 1. The number of aliphatic hydroxyl groups is 1. The number of aromatic nitrogens is 2. The molecule has 1 saturated carbocycles. The highest BCUT2D eigenvalue weighted by Gasteiger charge is 2.49. The van der Waals surface area contributed by atoms with E-state index in [0.717, 1.165) is 25.7 Å². The van der Waals surface area contributed by atoms with Gasteiger partial charge in [0.2, 0.25) is 0 Å². The van der Waals surface area contributed by atoms with Gasteiger partial charge in [-0.15, -0.1) is 0 Å². The fourth-order valence-electron chi connectivity index (χ4n) is 5.06. The molecular weight excluding hydrogens is 488 g/mol. The minimum Gasteiger partial charge on any atom is -1.00 e. The second kappa shape index (κ2) is 10.7. The van der Waals surface area contributed by atoms with Gasteiger partial charge < -0.3 is 36.6 Å². The number of anilines is 1. The number of rotatable bonds is 7. The van der Waals surface area contributed by atoms with Gasteiger partial charge in [0, 0.05) is 18.5 Å². The molecule has 2 aliphatic rings. The zero-order chi connectivity index (χ0) is 22.6. The molecule has 2 fully saturated rings. The van der Waals surface area contributed by atoms with Crippen molar-refractivity contribution in [2.24, 2.45) is 5.92 Å². The molecule has 33 heavy (non-hydrogen) atoms. The van der Waals surface area contributed by atoms with Crippen LogP contribution in [0.4, 0.5) is 5.82 Å². The van der Waals surface area contributed by atoms with Gasteiger partial charge in [-0.25, -0.2) is 14.8 Å². The summed E-state index contributed by atoms with van der Waals surface area (Å²) in [5, 5.41) is 14.4. The average Bonchev–Trinajstić information content (AvgIpc) is 3.45. The number of quaternary nitrogens is 1. The maximum atomic E-state index is 13.3. The molecule has 0 bridgehead atoms. The molecule has 178 valence electrons. The second-order valence-electron chi connectivity index (χ2n) is 9.26. The fraction of sp³-hybridized carbons (Fsp3) is 0.500. The zero-order valence-corrected chi connectivity index (χ0v) is 20.4. The maximum Gasteiger partial charge on any atom is 0.343 e. The Labute approximate surface area is 204 Å². The first kappa shape index (κ1) is 25.3. The molecule has 1 aliphatic carbocycles. The Morgan fingerprint density at radius 2 is 1.91 bits per heavy atom. The van der Waals surface area contributed by atoms with Crippen molar-refractivity contribution in [3.63, 3.8) is 0 Å². The van der Waals surface area contributed by atoms with Crippen molar-refractivity contribution < 1.29 is 40.9 Å². The lowest BCUT2D eigenvalue weighted by Gasteiger charge is -2.33. The van der Waals surface area contributed by atoms with Crippen LogP contribution >= 0.6 is 0 Å². The van der Waals surface area contributed by atoms with Crippen LogP contribution in [0.1, 0.15) is 37.7 Å². The van der Waals surface area contributed by atoms with Crippen molar-refractivity contribution in [2.45, 2.75) is 43.8 Å². The van der Waals surface area contributed by atoms with E-state index < -0.39 is 11.6 Å². The number of ether oxygens (including phenoxy) is 1. The summed E-state index contributed by atoms with van der Waals surface area (Å²) in [5.41, 5.74) is -1.04. The number of carbonyl (C=O) groups is 2. The third-order valence-electron chi connectivity index (χ3n) is 6.75. The fourth-order valence-corrected chi connectivity index (χ4v) is 5.06. The van der Waals surface area contributed by atoms with E-state index in [1.165, 1.54) is 6.33 Å². The van der Waals surface area contributed by atoms with E-state index in [1.54, 1.807) is 24.4 Å². The van der Waals surface area contributed by atoms with E-state index in [-0.39, 0.29) is 41.5 Å². The molecular formula is C24H31BrN4O4. The summed E-state index contributed by atoms with van der Waals surface area (Å²) in [4.78, 5) is 33.7. The van der Waals surface area contributed by atoms with Gasteiger partial charge in [-0.2, -0.15) is 0 Å². The molecule has 3 atom stereocenters. The van der Waals surface area contributed by atoms with Crippen molar-refractivity contribution in [3.05, 3.63) is 54.5 Å². The summed E-state index contributed by atoms with van der Waals surface area (Å²) >= 11 is 0.